The summed E-state index contributed by atoms with van der Waals surface area (Å²) in [5.74, 6) is 1.17. The van der Waals surface area contributed by atoms with Crippen LogP contribution in [0.1, 0.15) is 16.9 Å². The number of benzene rings is 1. The van der Waals surface area contributed by atoms with Crippen molar-refractivity contribution in [2.75, 3.05) is 18.4 Å². The van der Waals surface area contributed by atoms with Crippen molar-refractivity contribution in [3.8, 4) is 5.88 Å². The van der Waals surface area contributed by atoms with Gasteiger partial charge in [-0.05, 0) is 24.6 Å². The average molecular weight is 460 g/mol. The SMILES string of the molecule is C=CC(=O)N1CC[C@H](Oc2nc(Nc3ncc(C)s3)cc3c2ccn3Cc2ccccc2)C1. The molecule has 7 nitrogen and oxygen atoms in total. The lowest BCUT2D eigenvalue weighted by atomic mass is 10.2. The van der Waals surface area contributed by atoms with E-state index in [9.17, 15) is 4.79 Å². The van der Waals surface area contributed by atoms with Crippen LogP contribution in [0.4, 0.5) is 10.9 Å². The fraction of sp³-hybridized carbons (Fsp3) is 0.240. The molecule has 168 valence electrons. The summed E-state index contributed by atoms with van der Waals surface area (Å²) in [7, 11) is 0. The number of rotatable bonds is 7. The summed E-state index contributed by atoms with van der Waals surface area (Å²) in [6.07, 6.45) is 5.90. The van der Waals surface area contributed by atoms with Crippen LogP contribution in [0.15, 0.2) is 67.5 Å². The number of amides is 1. The van der Waals surface area contributed by atoms with E-state index in [1.165, 1.54) is 11.6 Å². The van der Waals surface area contributed by atoms with Crippen LogP contribution in [0, 0.1) is 6.92 Å². The predicted molar refractivity (Wildman–Crippen MR) is 131 cm³/mol. The van der Waals surface area contributed by atoms with E-state index >= 15 is 0 Å². The van der Waals surface area contributed by atoms with E-state index in [1.54, 1.807) is 16.2 Å². The first kappa shape index (κ1) is 21.2. The molecular formula is C25H25N5O2S. The molecule has 4 aromatic rings. The number of carbonyl (C=O) groups excluding carboxylic acids is 1. The van der Waals surface area contributed by atoms with Crippen LogP contribution in [0.25, 0.3) is 10.9 Å². The van der Waals surface area contributed by atoms with Crippen LogP contribution in [0.5, 0.6) is 5.88 Å². The summed E-state index contributed by atoms with van der Waals surface area (Å²) in [5.41, 5.74) is 2.24. The summed E-state index contributed by atoms with van der Waals surface area (Å²) in [4.78, 5) is 24.0. The van der Waals surface area contributed by atoms with Crippen LogP contribution in [0.3, 0.4) is 0 Å². The smallest absolute Gasteiger partial charge is 0.246 e. The number of aryl methyl sites for hydroxylation is 1. The fourth-order valence-electron chi connectivity index (χ4n) is 4.06. The molecule has 0 saturated carbocycles. The zero-order valence-corrected chi connectivity index (χ0v) is 19.2. The third-order valence-electron chi connectivity index (χ3n) is 5.69. The van der Waals surface area contributed by atoms with E-state index in [-0.39, 0.29) is 12.0 Å². The zero-order chi connectivity index (χ0) is 22.8. The van der Waals surface area contributed by atoms with Crippen molar-refractivity contribution in [2.45, 2.75) is 26.0 Å². The van der Waals surface area contributed by atoms with E-state index < -0.39 is 0 Å². The number of likely N-dealkylation sites (tertiary alicyclic amines) is 1. The number of thiazole rings is 1. The maximum absolute atomic E-state index is 12.0. The van der Waals surface area contributed by atoms with Crippen molar-refractivity contribution in [1.82, 2.24) is 19.4 Å². The molecule has 3 aromatic heterocycles. The van der Waals surface area contributed by atoms with Gasteiger partial charge in [-0.2, -0.15) is 4.98 Å². The number of nitrogens with one attached hydrogen (secondary N) is 1. The van der Waals surface area contributed by atoms with E-state index in [1.807, 2.05) is 43.5 Å². The monoisotopic (exact) mass is 459 g/mol. The summed E-state index contributed by atoms with van der Waals surface area (Å²) in [5, 5.41) is 5.06. The van der Waals surface area contributed by atoms with Gasteiger partial charge < -0.3 is 19.5 Å². The normalized spacial score (nSPS) is 15.7. The van der Waals surface area contributed by atoms with Crippen molar-refractivity contribution in [2.24, 2.45) is 0 Å². The van der Waals surface area contributed by atoms with Crippen LogP contribution >= 0.6 is 11.3 Å². The van der Waals surface area contributed by atoms with Gasteiger partial charge in [-0.15, -0.1) is 11.3 Å². The van der Waals surface area contributed by atoms with Crippen molar-refractivity contribution in [3.63, 3.8) is 0 Å². The van der Waals surface area contributed by atoms with E-state index in [4.69, 9.17) is 9.72 Å². The summed E-state index contributed by atoms with van der Waals surface area (Å²) >= 11 is 1.58. The highest BCUT2D eigenvalue weighted by Crippen LogP contribution is 2.32. The molecule has 0 unspecified atom stereocenters. The van der Waals surface area contributed by atoms with E-state index in [0.29, 0.717) is 24.8 Å². The second-order valence-corrected chi connectivity index (χ2v) is 9.33. The summed E-state index contributed by atoms with van der Waals surface area (Å²) < 4.78 is 8.55. The van der Waals surface area contributed by atoms with Crippen LogP contribution in [0.2, 0.25) is 0 Å². The van der Waals surface area contributed by atoms with Crippen molar-refractivity contribution in [3.05, 3.63) is 78.0 Å². The molecule has 1 aliphatic rings. The van der Waals surface area contributed by atoms with Gasteiger partial charge in [0.1, 0.15) is 11.9 Å². The topological polar surface area (TPSA) is 72.3 Å². The Bertz CT molecular complexity index is 1300. The van der Waals surface area contributed by atoms with Gasteiger partial charge in [0, 0.05) is 42.8 Å². The van der Waals surface area contributed by atoms with Gasteiger partial charge in [-0.3, -0.25) is 4.79 Å². The standard InChI is InChI=1S/C25H25N5O2S/c1-3-23(31)30-11-9-19(16-30)32-24-20-10-12-29(15-18-7-5-4-6-8-18)21(20)13-22(27-24)28-25-26-14-17(2)33-25/h3-8,10,12-14,19H,1,9,11,15-16H2,2H3,(H,26,27,28)/t19-/m0/s1. The minimum Gasteiger partial charge on any atom is -0.472 e. The summed E-state index contributed by atoms with van der Waals surface area (Å²) in [6, 6.07) is 14.4. The number of nitrogens with zero attached hydrogens (tertiary/aromatic N) is 4. The van der Waals surface area contributed by atoms with Gasteiger partial charge in [0.25, 0.3) is 0 Å². The molecule has 1 fully saturated rings. The number of pyridine rings is 1. The van der Waals surface area contributed by atoms with Gasteiger partial charge in [0.2, 0.25) is 11.8 Å². The molecular weight excluding hydrogens is 434 g/mol. The maximum atomic E-state index is 12.0. The van der Waals surface area contributed by atoms with Crippen LogP contribution in [-0.4, -0.2) is 44.5 Å². The molecule has 5 rings (SSSR count). The Morgan fingerprint density at radius 3 is 2.94 bits per heavy atom. The quantitative estimate of drug-likeness (QED) is 0.404. The van der Waals surface area contributed by atoms with Gasteiger partial charge in [-0.1, -0.05) is 36.9 Å². The third kappa shape index (κ3) is 4.61. The first-order chi connectivity index (χ1) is 16.1. The lowest BCUT2D eigenvalue weighted by molar-refractivity contribution is -0.125. The number of anilines is 2. The maximum Gasteiger partial charge on any atom is 0.246 e. The molecule has 0 aliphatic carbocycles. The molecule has 1 amide bonds. The Balaban J connectivity index is 1.48. The van der Waals surface area contributed by atoms with Gasteiger partial charge in [0.05, 0.1) is 17.4 Å². The van der Waals surface area contributed by atoms with Crippen LogP contribution < -0.4 is 10.1 Å². The molecule has 1 N–H and O–H groups in total. The van der Waals surface area contributed by atoms with Crippen LogP contribution in [-0.2, 0) is 11.3 Å². The molecule has 0 bridgehead atoms. The lowest BCUT2D eigenvalue weighted by Crippen LogP contribution is -2.29. The largest absolute Gasteiger partial charge is 0.472 e. The average Bonchev–Trinajstić information content (AvgIpc) is 3.55. The molecule has 1 saturated heterocycles. The van der Waals surface area contributed by atoms with Crippen molar-refractivity contribution < 1.29 is 9.53 Å². The Morgan fingerprint density at radius 1 is 1.33 bits per heavy atom. The highest BCUT2D eigenvalue weighted by atomic mass is 32.1. The predicted octanol–water partition coefficient (Wildman–Crippen LogP) is 4.76. The number of carbonyl (C=O) groups is 1. The Kier molecular flexibility index (Phi) is 5.83. The summed E-state index contributed by atoms with van der Waals surface area (Å²) in [6.45, 7) is 7.54. The van der Waals surface area contributed by atoms with Gasteiger partial charge in [-0.25, -0.2) is 4.98 Å². The Morgan fingerprint density at radius 2 is 2.18 bits per heavy atom. The third-order valence-corrected chi connectivity index (χ3v) is 6.52. The Hall–Kier alpha value is -3.65. The number of aromatic nitrogens is 3. The fourth-order valence-corrected chi connectivity index (χ4v) is 4.73. The number of hydrogen-bond donors (Lipinski definition) is 1. The second-order valence-electron chi connectivity index (χ2n) is 8.09. The zero-order valence-electron chi connectivity index (χ0n) is 18.4. The molecule has 1 atom stereocenters. The minimum absolute atomic E-state index is 0.0669. The first-order valence-electron chi connectivity index (χ1n) is 10.9. The molecule has 33 heavy (non-hydrogen) atoms. The molecule has 1 aromatic carbocycles. The van der Waals surface area contributed by atoms with Crippen molar-refractivity contribution in [1.29, 1.82) is 0 Å². The molecule has 1 aliphatic heterocycles. The molecule has 0 spiro atoms. The number of hydrogen-bond acceptors (Lipinski definition) is 6. The molecule has 0 radical (unpaired) electrons. The lowest BCUT2D eigenvalue weighted by Gasteiger charge is -2.17. The Labute approximate surface area is 196 Å². The number of fused-ring (bicyclic) bond motifs is 1. The second kappa shape index (κ2) is 9.07. The van der Waals surface area contributed by atoms with E-state index in [0.717, 1.165) is 33.9 Å². The highest BCUT2D eigenvalue weighted by molar-refractivity contribution is 7.15. The molecule has 4 heterocycles. The first-order valence-corrected chi connectivity index (χ1v) is 11.7. The highest BCUT2D eigenvalue weighted by Gasteiger charge is 2.27. The molecule has 8 heteroatoms. The van der Waals surface area contributed by atoms with Gasteiger partial charge >= 0.3 is 0 Å². The van der Waals surface area contributed by atoms with E-state index in [2.05, 4.69) is 39.8 Å². The van der Waals surface area contributed by atoms with Gasteiger partial charge in [0.15, 0.2) is 5.13 Å². The number of ether oxygens (including phenoxy) is 1. The minimum atomic E-state index is -0.112. The van der Waals surface area contributed by atoms with Crippen molar-refractivity contribution >= 4 is 39.1 Å².